The first-order valence-electron chi connectivity index (χ1n) is 16.1. The van der Waals surface area contributed by atoms with Crippen LogP contribution >= 0.6 is 0 Å². The molecule has 9 rings (SSSR count). The monoisotopic (exact) mass is 587 g/mol. The summed E-state index contributed by atoms with van der Waals surface area (Å²) >= 11 is 0. The van der Waals surface area contributed by atoms with Gasteiger partial charge < -0.3 is 4.57 Å². The fourth-order valence-electron chi connectivity index (χ4n) is 7.63. The van der Waals surface area contributed by atoms with Crippen molar-refractivity contribution in [2.45, 2.75) is 19.3 Å². The Morgan fingerprint density at radius 3 is 1.57 bits per heavy atom. The Hall–Kier alpha value is -5.66. The molecule has 0 atom stereocenters. The topological polar surface area (TPSA) is 4.93 Å². The number of nitrogens with zero attached hydrogens (tertiary/aromatic N) is 1. The zero-order valence-electron chi connectivity index (χ0n) is 26.0. The van der Waals surface area contributed by atoms with E-state index in [-0.39, 0.29) is 5.41 Å². The maximum absolute atomic E-state index is 2.45. The lowest BCUT2D eigenvalue weighted by atomic mass is 9.82. The van der Waals surface area contributed by atoms with E-state index < -0.39 is 0 Å². The van der Waals surface area contributed by atoms with E-state index in [0.717, 1.165) is 0 Å². The molecule has 0 unspecified atom stereocenters. The largest absolute Gasteiger partial charge is 0.309 e. The van der Waals surface area contributed by atoms with E-state index in [1.54, 1.807) is 0 Å². The molecule has 0 fully saturated rings. The minimum atomic E-state index is -0.0501. The molecule has 1 nitrogen and oxygen atoms in total. The van der Waals surface area contributed by atoms with Crippen LogP contribution in [-0.4, -0.2) is 4.57 Å². The van der Waals surface area contributed by atoms with Gasteiger partial charge in [-0.3, -0.25) is 0 Å². The van der Waals surface area contributed by atoms with E-state index in [1.165, 1.54) is 83.1 Å². The Kier molecular flexibility index (Phi) is 5.92. The van der Waals surface area contributed by atoms with Crippen molar-refractivity contribution >= 4 is 21.8 Å². The van der Waals surface area contributed by atoms with Gasteiger partial charge in [0.1, 0.15) is 0 Å². The van der Waals surface area contributed by atoms with Gasteiger partial charge in [-0.1, -0.05) is 129 Å². The zero-order valence-corrected chi connectivity index (χ0v) is 26.0. The molecule has 0 N–H and O–H groups in total. The summed E-state index contributed by atoms with van der Waals surface area (Å²) in [6.07, 6.45) is 0. The molecule has 0 aliphatic heterocycles. The van der Waals surface area contributed by atoms with Gasteiger partial charge in [0.25, 0.3) is 0 Å². The maximum Gasteiger partial charge on any atom is 0.0544 e. The molecule has 1 aliphatic carbocycles. The molecule has 7 aromatic carbocycles. The summed E-state index contributed by atoms with van der Waals surface area (Å²) in [5.74, 6) is 0. The average Bonchev–Trinajstić information content (AvgIpc) is 3.56. The van der Waals surface area contributed by atoms with Crippen LogP contribution in [0.2, 0.25) is 0 Å². The van der Waals surface area contributed by atoms with Crippen LogP contribution < -0.4 is 0 Å². The summed E-state index contributed by atoms with van der Waals surface area (Å²) in [7, 11) is 0. The van der Waals surface area contributed by atoms with Gasteiger partial charge >= 0.3 is 0 Å². The van der Waals surface area contributed by atoms with Crippen LogP contribution in [0.1, 0.15) is 25.0 Å². The van der Waals surface area contributed by atoms with Crippen LogP contribution in [0.3, 0.4) is 0 Å². The van der Waals surface area contributed by atoms with E-state index in [2.05, 4.69) is 182 Å². The molecule has 1 aromatic heterocycles. The second kappa shape index (κ2) is 10.2. The maximum atomic E-state index is 2.45. The van der Waals surface area contributed by atoms with Crippen LogP contribution in [-0.2, 0) is 5.41 Å². The molecular weight excluding hydrogens is 555 g/mol. The minimum absolute atomic E-state index is 0.0501. The normalized spacial score (nSPS) is 13.2. The fraction of sp³-hybridized carbons (Fsp3) is 0.0667. The smallest absolute Gasteiger partial charge is 0.0544 e. The highest BCUT2D eigenvalue weighted by Crippen LogP contribution is 2.51. The molecule has 0 saturated carbocycles. The number of aromatic nitrogens is 1. The van der Waals surface area contributed by atoms with Gasteiger partial charge in [0.15, 0.2) is 0 Å². The van der Waals surface area contributed by atoms with Crippen LogP contribution in [0.25, 0.3) is 72.0 Å². The summed E-state index contributed by atoms with van der Waals surface area (Å²) in [5, 5.41) is 2.59. The minimum Gasteiger partial charge on any atom is -0.309 e. The first-order valence-corrected chi connectivity index (χ1v) is 16.1. The van der Waals surface area contributed by atoms with Gasteiger partial charge in [0.2, 0.25) is 0 Å². The Morgan fingerprint density at radius 1 is 0.370 bits per heavy atom. The Bertz CT molecular complexity index is 2350. The number of para-hydroxylation sites is 1. The lowest BCUT2D eigenvalue weighted by Gasteiger charge is -2.21. The molecule has 46 heavy (non-hydrogen) atoms. The van der Waals surface area contributed by atoms with Crippen molar-refractivity contribution < 1.29 is 0 Å². The number of benzene rings is 7. The molecule has 218 valence electrons. The molecule has 1 aliphatic rings. The highest BCUT2D eigenvalue weighted by Gasteiger charge is 2.36. The van der Waals surface area contributed by atoms with Crippen LogP contribution in [0, 0.1) is 0 Å². The lowest BCUT2D eigenvalue weighted by Crippen LogP contribution is -2.14. The van der Waals surface area contributed by atoms with Crippen molar-refractivity contribution in [1.82, 2.24) is 4.57 Å². The van der Waals surface area contributed by atoms with Crippen LogP contribution in [0.4, 0.5) is 0 Å². The van der Waals surface area contributed by atoms with Crippen molar-refractivity contribution in [3.63, 3.8) is 0 Å². The average molecular weight is 588 g/mol. The molecule has 0 saturated heterocycles. The van der Waals surface area contributed by atoms with Gasteiger partial charge in [-0.05, 0) is 104 Å². The third-order valence-corrected chi connectivity index (χ3v) is 9.98. The van der Waals surface area contributed by atoms with E-state index in [1.807, 2.05) is 0 Å². The van der Waals surface area contributed by atoms with Gasteiger partial charge in [0, 0.05) is 21.9 Å². The SMILES string of the molecule is CC1(C)c2ccccc2-c2cc3c4ccccc4n(-c4ccc(-c5cc(-c6ccccc6)cc(-c6ccccc6)c5)cc4)c3cc21. The molecule has 0 bridgehead atoms. The van der Waals surface area contributed by atoms with Crippen molar-refractivity contribution in [2.24, 2.45) is 0 Å². The standard InChI is InChI=1S/C45H33N/c1-45(2)41-19-11-9-17-37(41)39-28-40-38-18-10-12-20-43(38)46(44(40)29-42(39)45)36-23-21-32(22-24-36)35-26-33(30-13-5-3-6-14-30)25-34(27-35)31-15-7-4-8-16-31/h3-29H,1-2H3. The molecule has 0 radical (unpaired) electrons. The lowest BCUT2D eigenvalue weighted by molar-refractivity contribution is 0.661. The van der Waals surface area contributed by atoms with E-state index in [0.29, 0.717) is 0 Å². The summed E-state index contributed by atoms with van der Waals surface area (Å²) in [5.41, 5.74) is 16.4. The summed E-state index contributed by atoms with van der Waals surface area (Å²) in [4.78, 5) is 0. The summed E-state index contributed by atoms with van der Waals surface area (Å²) in [6.45, 7) is 4.72. The number of fused-ring (bicyclic) bond motifs is 6. The zero-order chi connectivity index (χ0) is 30.8. The van der Waals surface area contributed by atoms with Crippen LogP contribution in [0.15, 0.2) is 164 Å². The first kappa shape index (κ1) is 26.7. The van der Waals surface area contributed by atoms with Crippen molar-refractivity contribution in [3.05, 3.63) is 175 Å². The molecule has 0 amide bonds. The van der Waals surface area contributed by atoms with Gasteiger partial charge in [0.05, 0.1) is 11.0 Å². The van der Waals surface area contributed by atoms with Gasteiger partial charge in [-0.2, -0.15) is 0 Å². The number of hydrogen-bond acceptors (Lipinski definition) is 0. The predicted molar refractivity (Wildman–Crippen MR) is 195 cm³/mol. The second-order valence-corrected chi connectivity index (χ2v) is 13.0. The van der Waals surface area contributed by atoms with Crippen molar-refractivity contribution in [2.75, 3.05) is 0 Å². The third-order valence-electron chi connectivity index (χ3n) is 9.98. The highest BCUT2D eigenvalue weighted by atomic mass is 15.0. The Labute approximate surface area is 270 Å². The Balaban J connectivity index is 1.20. The second-order valence-electron chi connectivity index (χ2n) is 13.0. The quantitative estimate of drug-likeness (QED) is 0.193. The van der Waals surface area contributed by atoms with Gasteiger partial charge in [-0.25, -0.2) is 0 Å². The highest BCUT2D eigenvalue weighted by molar-refractivity contribution is 6.11. The predicted octanol–water partition coefficient (Wildman–Crippen LogP) is 12.1. The van der Waals surface area contributed by atoms with Crippen LogP contribution in [0.5, 0.6) is 0 Å². The van der Waals surface area contributed by atoms with E-state index in [4.69, 9.17) is 0 Å². The molecular formula is C45H33N. The third kappa shape index (κ3) is 4.09. The summed E-state index contributed by atoms with van der Waals surface area (Å²) in [6, 6.07) is 60.0. The van der Waals surface area contributed by atoms with Gasteiger partial charge in [-0.15, -0.1) is 0 Å². The number of hydrogen-bond donors (Lipinski definition) is 0. The molecule has 0 spiro atoms. The van der Waals surface area contributed by atoms with E-state index in [9.17, 15) is 0 Å². The molecule has 1 heteroatoms. The summed E-state index contributed by atoms with van der Waals surface area (Å²) < 4.78 is 2.45. The van der Waals surface area contributed by atoms with Crippen molar-refractivity contribution in [3.8, 4) is 50.2 Å². The fourth-order valence-corrected chi connectivity index (χ4v) is 7.63. The first-order chi connectivity index (χ1) is 22.6. The van der Waals surface area contributed by atoms with E-state index >= 15 is 0 Å². The number of rotatable bonds is 4. The molecule has 1 heterocycles. The Morgan fingerprint density at radius 2 is 0.913 bits per heavy atom. The molecule has 8 aromatic rings. The van der Waals surface area contributed by atoms with Crippen molar-refractivity contribution in [1.29, 1.82) is 0 Å².